The van der Waals surface area contributed by atoms with Gasteiger partial charge in [0.1, 0.15) is 0 Å². The molecule has 0 bridgehead atoms. The maximum Gasteiger partial charge on any atom is 0.233 e. The van der Waals surface area contributed by atoms with Crippen LogP contribution in [0.5, 0.6) is 5.88 Å². The first-order valence-electron chi connectivity index (χ1n) is 7.18. The van der Waals surface area contributed by atoms with Crippen molar-refractivity contribution >= 4 is 0 Å². The molecule has 1 heterocycles. The van der Waals surface area contributed by atoms with Crippen LogP contribution in [0.25, 0.3) is 0 Å². The van der Waals surface area contributed by atoms with Gasteiger partial charge in [0, 0.05) is 12.6 Å². The molecule has 2 rings (SSSR count). The minimum absolute atomic E-state index is 0.0408. The van der Waals surface area contributed by atoms with Gasteiger partial charge in [-0.2, -0.15) is 0 Å². The average Bonchev–Trinajstić information content (AvgIpc) is 2.86. The number of nitrogens with zero attached hydrogens (tertiary/aromatic N) is 3. The first-order valence-corrected chi connectivity index (χ1v) is 7.18. The number of ether oxygens (including phenoxy) is 1. The topological polar surface area (TPSA) is 50.5 Å². The van der Waals surface area contributed by atoms with Crippen molar-refractivity contribution in [1.82, 2.24) is 14.7 Å². The Bertz CT molecular complexity index is 538. The van der Waals surface area contributed by atoms with Crippen molar-refractivity contribution in [2.75, 3.05) is 27.2 Å². The number of benzene rings is 1. The molecule has 0 atom stereocenters. The first-order chi connectivity index (χ1) is 10.2. The van der Waals surface area contributed by atoms with Crippen molar-refractivity contribution in [1.29, 1.82) is 0 Å². The van der Waals surface area contributed by atoms with E-state index in [1.807, 2.05) is 44.4 Å². The zero-order chi connectivity index (χ0) is 15.1. The molecule has 0 aliphatic carbocycles. The Morgan fingerprint density at radius 3 is 2.67 bits per heavy atom. The van der Waals surface area contributed by atoms with Crippen LogP contribution >= 0.6 is 0 Å². The fourth-order valence-corrected chi connectivity index (χ4v) is 2.08. The Kier molecular flexibility index (Phi) is 5.78. The molecule has 5 nitrogen and oxygen atoms in total. The number of hydrogen-bond donors (Lipinski definition) is 1. The van der Waals surface area contributed by atoms with Gasteiger partial charge < -0.3 is 14.7 Å². The van der Waals surface area contributed by atoms with Crippen molar-refractivity contribution in [3.8, 4) is 5.88 Å². The number of aliphatic hydroxyl groups excluding tert-OH is 1. The zero-order valence-corrected chi connectivity index (χ0v) is 12.7. The van der Waals surface area contributed by atoms with Crippen molar-refractivity contribution in [3.63, 3.8) is 0 Å². The second-order valence-electron chi connectivity index (χ2n) is 5.28. The Balaban J connectivity index is 1.95. The van der Waals surface area contributed by atoms with E-state index in [1.54, 1.807) is 10.7 Å². The van der Waals surface area contributed by atoms with Gasteiger partial charge in [-0.05, 0) is 26.1 Å². The molecule has 2 aromatic rings. The molecule has 0 aliphatic rings. The molecule has 1 aromatic heterocycles. The van der Waals surface area contributed by atoms with Gasteiger partial charge in [0.05, 0.1) is 25.5 Å². The van der Waals surface area contributed by atoms with Crippen LogP contribution in [0.1, 0.15) is 17.7 Å². The second kappa shape index (κ2) is 7.81. The third-order valence-corrected chi connectivity index (χ3v) is 3.18. The summed E-state index contributed by atoms with van der Waals surface area (Å²) in [5.74, 6) is 0.578. The van der Waals surface area contributed by atoms with E-state index in [0.717, 1.165) is 24.2 Å². The summed E-state index contributed by atoms with van der Waals surface area (Å²) >= 11 is 0. The van der Waals surface area contributed by atoms with Crippen molar-refractivity contribution in [2.45, 2.75) is 19.6 Å². The van der Waals surface area contributed by atoms with Crippen LogP contribution in [0.3, 0.4) is 0 Å². The zero-order valence-electron chi connectivity index (χ0n) is 12.7. The predicted molar refractivity (Wildman–Crippen MR) is 82.4 cm³/mol. The third kappa shape index (κ3) is 4.88. The van der Waals surface area contributed by atoms with Gasteiger partial charge in [-0.3, -0.25) is 4.68 Å². The van der Waals surface area contributed by atoms with E-state index in [2.05, 4.69) is 10.00 Å². The highest BCUT2D eigenvalue weighted by Crippen LogP contribution is 2.14. The Morgan fingerprint density at radius 1 is 1.24 bits per heavy atom. The lowest BCUT2D eigenvalue weighted by Crippen LogP contribution is -2.15. The molecule has 0 saturated heterocycles. The van der Waals surface area contributed by atoms with Crippen molar-refractivity contribution in [3.05, 3.63) is 47.7 Å². The highest BCUT2D eigenvalue weighted by molar-refractivity contribution is 5.19. The molecule has 21 heavy (non-hydrogen) atoms. The predicted octanol–water partition coefficient (Wildman–Crippen LogP) is 1.75. The Morgan fingerprint density at radius 2 is 2.00 bits per heavy atom. The molecule has 0 amide bonds. The molecular formula is C16H23N3O2. The molecule has 0 aliphatic heterocycles. The quantitative estimate of drug-likeness (QED) is 0.752. The van der Waals surface area contributed by atoms with Crippen LogP contribution in [0.15, 0.2) is 36.4 Å². The number of rotatable bonds is 8. The molecule has 0 radical (unpaired) electrons. The molecule has 0 saturated carbocycles. The molecular weight excluding hydrogens is 266 g/mol. The lowest BCUT2D eigenvalue weighted by atomic mass is 10.2. The SMILES string of the molecule is CN(C)CCCOc1cc(CO)n(Cc2ccccc2)n1. The standard InChI is InChI=1S/C16H23N3O2/c1-18(2)9-6-10-21-16-11-15(13-20)19(17-16)12-14-7-4-3-5-8-14/h3-5,7-8,11,20H,6,9-10,12-13H2,1-2H3. The smallest absolute Gasteiger partial charge is 0.233 e. The van der Waals surface area contributed by atoms with E-state index in [0.29, 0.717) is 19.0 Å². The molecule has 0 unspecified atom stereocenters. The Hall–Kier alpha value is -1.85. The fourth-order valence-electron chi connectivity index (χ4n) is 2.08. The highest BCUT2D eigenvalue weighted by atomic mass is 16.5. The summed E-state index contributed by atoms with van der Waals surface area (Å²) in [6, 6.07) is 11.9. The normalized spacial score (nSPS) is 11.0. The Labute approximate surface area is 125 Å². The minimum atomic E-state index is -0.0408. The lowest BCUT2D eigenvalue weighted by molar-refractivity contribution is 0.267. The van der Waals surface area contributed by atoms with Gasteiger partial charge in [0.15, 0.2) is 0 Å². The van der Waals surface area contributed by atoms with Gasteiger partial charge >= 0.3 is 0 Å². The van der Waals surface area contributed by atoms with E-state index in [1.165, 1.54) is 0 Å². The van der Waals surface area contributed by atoms with Gasteiger partial charge in [-0.15, -0.1) is 5.10 Å². The summed E-state index contributed by atoms with van der Waals surface area (Å²) in [6.07, 6.45) is 0.951. The molecule has 0 spiro atoms. The number of aromatic nitrogens is 2. The van der Waals surface area contributed by atoms with Gasteiger partial charge in [0.25, 0.3) is 0 Å². The highest BCUT2D eigenvalue weighted by Gasteiger charge is 2.08. The molecule has 0 fully saturated rings. The van der Waals surface area contributed by atoms with Crippen molar-refractivity contribution in [2.24, 2.45) is 0 Å². The van der Waals surface area contributed by atoms with Crippen LogP contribution in [0, 0.1) is 0 Å². The summed E-state index contributed by atoms with van der Waals surface area (Å²) in [4.78, 5) is 2.12. The third-order valence-electron chi connectivity index (χ3n) is 3.18. The summed E-state index contributed by atoms with van der Waals surface area (Å²) in [5, 5.41) is 13.8. The van der Waals surface area contributed by atoms with Gasteiger partial charge in [-0.1, -0.05) is 30.3 Å². The lowest BCUT2D eigenvalue weighted by Gasteiger charge is -2.08. The van der Waals surface area contributed by atoms with Crippen LogP contribution in [-0.4, -0.2) is 47.0 Å². The largest absolute Gasteiger partial charge is 0.477 e. The van der Waals surface area contributed by atoms with E-state index in [-0.39, 0.29) is 6.61 Å². The fraction of sp³-hybridized carbons (Fsp3) is 0.438. The summed E-state index contributed by atoms with van der Waals surface area (Å²) < 4.78 is 7.44. The van der Waals surface area contributed by atoms with E-state index in [4.69, 9.17) is 4.74 Å². The van der Waals surface area contributed by atoms with E-state index in [9.17, 15) is 5.11 Å². The molecule has 1 aromatic carbocycles. The molecule has 114 valence electrons. The monoisotopic (exact) mass is 289 g/mol. The minimum Gasteiger partial charge on any atom is -0.477 e. The van der Waals surface area contributed by atoms with E-state index >= 15 is 0 Å². The number of hydrogen-bond acceptors (Lipinski definition) is 4. The summed E-state index contributed by atoms with van der Waals surface area (Å²) in [6.45, 7) is 2.21. The van der Waals surface area contributed by atoms with Gasteiger partial charge in [0.2, 0.25) is 5.88 Å². The van der Waals surface area contributed by atoms with Crippen LogP contribution < -0.4 is 4.74 Å². The van der Waals surface area contributed by atoms with Crippen LogP contribution in [0.4, 0.5) is 0 Å². The maximum absolute atomic E-state index is 9.43. The molecule has 5 heteroatoms. The van der Waals surface area contributed by atoms with Crippen LogP contribution in [0.2, 0.25) is 0 Å². The average molecular weight is 289 g/mol. The molecule has 1 N–H and O–H groups in total. The van der Waals surface area contributed by atoms with Crippen molar-refractivity contribution < 1.29 is 9.84 Å². The first kappa shape index (κ1) is 15.5. The summed E-state index contributed by atoms with van der Waals surface area (Å²) in [7, 11) is 4.08. The second-order valence-corrected chi connectivity index (χ2v) is 5.28. The maximum atomic E-state index is 9.43. The van der Waals surface area contributed by atoms with Gasteiger partial charge in [-0.25, -0.2) is 0 Å². The van der Waals surface area contributed by atoms with Crippen LogP contribution in [-0.2, 0) is 13.2 Å². The summed E-state index contributed by atoms with van der Waals surface area (Å²) in [5.41, 5.74) is 1.91. The van der Waals surface area contributed by atoms with E-state index < -0.39 is 0 Å². The number of aliphatic hydroxyl groups is 1.